The third kappa shape index (κ3) is 6.86. The van der Waals surface area contributed by atoms with E-state index in [1.807, 2.05) is 6.08 Å². The highest BCUT2D eigenvalue weighted by Crippen LogP contribution is 2.43. The molecule has 3 aliphatic rings. The topological polar surface area (TPSA) is 121 Å². The summed E-state index contributed by atoms with van der Waals surface area (Å²) in [5, 5.41) is 22.8. The van der Waals surface area contributed by atoms with E-state index < -0.39 is 30.6 Å². The number of hydrogen-bond acceptors (Lipinski definition) is 7. The summed E-state index contributed by atoms with van der Waals surface area (Å²) in [4.78, 5) is 24.5. The lowest BCUT2D eigenvalue weighted by Crippen LogP contribution is -2.56. The molecule has 0 saturated carbocycles. The van der Waals surface area contributed by atoms with Crippen molar-refractivity contribution in [2.24, 2.45) is 0 Å². The minimum absolute atomic E-state index is 0.00535. The lowest BCUT2D eigenvalue weighted by atomic mass is 9.96. The molecular weight excluding hydrogens is 428 g/mol. The second kappa shape index (κ2) is 11.1. The second-order valence-corrected chi connectivity index (χ2v) is 9.71. The molecule has 3 saturated heterocycles. The highest BCUT2D eigenvalue weighted by Gasteiger charge is 2.50. The number of carbonyl (C=O) groups is 2. The molecule has 33 heavy (non-hydrogen) atoms. The number of ether oxygens (including phenoxy) is 3. The van der Waals surface area contributed by atoms with Gasteiger partial charge >= 0.3 is 6.03 Å². The number of nitrogens with one attached hydrogen (secondary N) is 1. The molecule has 186 valence electrons. The van der Waals surface area contributed by atoms with Gasteiger partial charge in [-0.15, -0.1) is 0 Å². The molecule has 3 heterocycles. The van der Waals surface area contributed by atoms with Crippen LogP contribution in [0, 0.1) is 0 Å². The molecule has 9 nitrogen and oxygen atoms in total. The molecule has 0 spiro atoms. The van der Waals surface area contributed by atoms with E-state index in [-0.39, 0.29) is 31.1 Å². The number of aliphatic hydroxyl groups excluding tert-OH is 2. The molecule has 9 heteroatoms. The van der Waals surface area contributed by atoms with Crippen molar-refractivity contribution in [3.63, 3.8) is 0 Å². The second-order valence-electron chi connectivity index (χ2n) is 9.71. The lowest BCUT2D eigenvalue weighted by molar-refractivity contribution is -0.126. The number of aliphatic hydroxyl groups is 2. The largest absolute Gasteiger partial charge is 0.387 e. The Labute approximate surface area is 195 Å². The summed E-state index contributed by atoms with van der Waals surface area (Å²) in [7, 11) is 0. The minimum atomic E-state index is -1.26. The van der Waals surface area contributed by atoms with Crippen LogP contribution < -0.4 is 5.32 Å². The van der Waals surface area contributed by atoms with E-state index in [0.29, 0.717) is 12.7 Å². The van der Waals surface area contributed by atoms with Crippen LogP contribution in [0.25, 0.3) is 0 Å². The third-order valence-electron chi connectivity index (χ3n) is 6.59. The Morgan fingerprint density at radius 3 is 2.70 bits per heavy atom. The summed E-state index contributed by atoms with van der Waals surface area (Å²) in [6.07, 6.45) is 4.46. The van der Waals surface area contributed by atoms with Crippen molar-refractivity contribution in [1.29, 1.82) is 0 Å². The van der Waals surface area contributed by atoms with Crippen LogP contribution in [0.4, 0.5) is 4.79 Å². The van der Waals surface area contributed by atoms with Crippen molar-refractivity contribution in [2.45, 2.75) is 96.0 Å². The molecule has 3 N–H and O–H groups in total. The van der Waals surface area contributed by atoms with Crippen molar-refractivity contribution < 1.29 is 34.0 Å². The molecule has 0 aromatic heterocycles. The molecule has 3 aliphatic heterocycles. The van der Waals surface area contributed by atoms with Crippen LogP contribution >= 0.6 is 0 Å². The highest BCUT2D eigenvalue weighted by molar-refractivity contribution is 5.96. The van der Waals surface area contributed by atoms with E-state index >= 15 is 0 Å². The van der Waals surface area contributed by atoms with Crippen molar-refractivity contribution in [2.75, 3.05) is 19.8 Å². The number of imide groups is 1. The lowest BCUT2D eigenvalue weighted by Gasteiger charge is -2.32. The van der Waals surface area contributed by atoms with Crippen LogP contribution in [0.15, 0.2) is 23.3 Å². The predicted molar refractivity (Wildman–Crippen MR) is 121 cm³/mol. The molecule has 6 atom stereocenters. The maximum atomic E-state index is 12.0. The first kappa shape index (κ1) is 25.8. The summed E-state index contributed by atoms with van der Waals surface area (Å²) >= 11 is 0. The van der Waals surface area contributed by atoms with Gasteiger partial charge in [-0.05, 0) is 53.4 Å². The van der Waals surface area contributed by atoms with Gasteiger partial charge in [0.2, 0.25) is 5.91 Å². The fraction of sp³-hybridized carbons (Fsp3) is 0.750. The molecule has 0 aromatic rings. The molecule has 3 amide bonds. The number of epoxide rings is 1. The molecule has 0 aromatic carbocycles. The number of allylic oxidation sites excluding steroid dienone is 3. The van der Waals surface area contributed by atoms with E-state index in [1.54, 1.807) is 0 Å². The Kier molecular flexibility index (Phi) is 8.69. The number of carbonyl (C=O) groups excluding carboxylic acids is 2. The Morgan fingerprint density at radius 1 is 1.24 bits per heavy atom. The van der Waals surface area contributed by atoms with Crippen LogP contribution in [0.2, 0.25) is 0 Å². The Balaban J connectivity index is 1.35. The minimum Gasteiger partial charge on any atom is -0.387 e. The van der Waals surface area contributed by atoms with E-state index in [9.17, 15) is 19.8 Å². The van der Waals surface area contributed by atoms with Crippen LogP contribution in [0.3, 0.4) is 0 Å². The molecule has 0 aliphatic carbocycles. The summed E-state index contributed by atoms with van der Waals surface area (Å²) in [6.45, 7) is 9.04. The monoisotopic (exact) mass is 466 g/mol. The first-order valence-corrected chi connectivity index (χ1v) is 11.8. The van der Waals surface area contributed by atoms with Gasteiger partial charge in [-0.1, -0.05) is 23.3 Å². The van der Waals surface area contributed by atoms with Crippen LogP contribution in [-0.4, -0.2) is 83.1 Å². The van der Waals surface area contributed by atoms with Gasteiger partial charge in [-0.2, -0.15) is 0 Å². The SMILES string of the molecule is CC(C)=CCCC1(C)OC1CC/C(C)=C/COC[C@H]1O[C@@H](N2CCC(=O)NC2=O)[C@H](O)[C@@H]1O. The first-order valence-electron chi connectivity index (χ1n) is 11.8. The summed E-state index contributed by atoms with van der Waals surface area (Å²) < 4.78 is 17.2. The van der Waals surface area contributed by atoms with Gasteiger partial charge in [-0.25, -0.2) is 4.79 Å². The van der Waals surface area contributed by atoms with Gasteiger partial charge in [0.1, 0.15) is 18.3 Å². The quantitative estimate of drug-likeness (QED) is 0.242. The number of nitrogens with zero attached hydrogens (tertiary/aromatic N) is 1. The third-order valence-corrected chi connectivity index (χ3v) is 6.59. The molecule has 3 rings (SSSR count). The number of amides is 3. The average Bonchev–Trinajstić information content (AvgIpc) is 3.31. The summed E-state index contributed by atoms with van der Waals surface area (Å²) in [5.41, 5.74) is 2.54. The molecule has 0 radical (unpaired) electrons. The molecule has 3 fully saturated rings. The van der Waals surface area contributed by atoms with Crippen LogP contribution in [0.5, 0.6) is 0 Å². The summed E-state index contributed by atoms with van der Waals surface area (Å²) in [5.74, 6) is -0.368. The van der Waals surface area contributed by atoms with Crippen LogP contribution in [0.1, 0.15) is 59.8 Å². The van der Waals surface area contributed by atoms with E-state index in [4.69, 9.17) is 14.2 Å². The number of urea groups is 1. The van der Waals surface area contributed by atoms with Crippen molar-refractivity contribution in [3.05, 3.63) is 23.3 Å². The predicted octanol–water partition coefficient (Wildman–Crippen LogP) is 2.02. The zero-order chi connectivity index (χ0) is 24.2. The molecule has 2 unspecified atom stereocenters. The fourth-order valence-corrected chi connectivity index (χ4v) is 4.31. The maximum Gasteiger partial charge on any atom is 0.326 e. The Bertz CT molecular complexity index is 779. The van der Waals surface area contributed by atoms with Gasteiger partial charge in [0.15, 0.2) is 6.23 Å². The number of hydrogen-bond donors (Lipinski definition) is 3. The van der Waals surface area contributed by atoms with Gasteiger partial charge in [0.25, 0.3) is 0 Å². The van der Waals surface area contributed by atoms with Crippen molar-refractivity contribution in [3.8, 4) is 0 Å². The molecule has 0 bridgehead atoms. The average molecular weight is 467 g/mol. The van der Waals surface area contributed by atoms with Gasteiger partial charge in [0.05, 0.1) is 24.9 Å². The Hall–Kier alpha value is -1.78. The fourth-order valence-electron chi connectivity index (χ4n) is 4.31. The van der Waals surface area contributed by atoms with Crippen molar-refractivity contribution >= 4 is 11.9 Å². The highest BCUT2D eigenvalue weighted by atomic mass is 16.6. The number of rotatable bonds is 11. The van der Waals surface area contributed by atoms with Crippen molar-refractivity contribution in [1.82, 2.24) is 10.2 Å². The molecular formula is C24H38N2O7. The van der Waals surface area contributed by atoms with Gasteiger partial charge in [0, 0.05) is 13.0 Å². The first-order chi connectivity index (χ1) is 15.6. The van der Waals surface area contributed by atoms with Gasteiger partial charge < -0.3 is 24.4 Å². The summed E-state index contributed by atoms with van der Waals surface area (Å²) in [6, 6.07) is -0.629. The van der Waals surface area contributed by atoms with E-state index in [2.05, 4.69) is 39.1 Å². The smallest absolute Gasteiger partial charge is 0.326 e. The Morgan fingerprint density at radius 2 is 2.00 bits per heavy atom. The zero-order valence-electron chi connectivity index (χ0n) is 20.1. The standard InChI is InChI=1S/C24H38N2O7/c1-15(2)6-5-11-24(4)18(33-24)8-7-16(3)10-13-31-14-17-20(28)21(29)22(32-17)26-12-9-19(27)25-23(26)30/h6,10,17-18,20-22,28-29H,5,7-9,11-14H2,1-4H3,(H,25,27,30)/b16-10+/t17-,18?,20-,21-,22-,24?/m1/s1. The van der Waals surface area contributed by atoms with E-state index in [1.165, 1.54) is 16.0 Å². The zero-order valence-corrected chi connectivity index (χ0v) is 20.1. The normalized spacial score (nSPS) is 34.4. The van der Waals surface area contributed by atoms with E-state index in [0.717, 1.165) is 25.7 Å². The van der Waals surface area contributed by atoms with Gasteiger partial charge in [-0.3, -0.25) is 15.0 Å². The van der Waals surface area contributed by atoms with Crippen LogP contribution in [-0.2, 0) is 19.0 Å². The maximum absolute atomic E-state index is 12.0.